The topological polar surface area (TPSA) is 38.4 Å². The highest BCUT2D eigenvalue weighted by molar-refractivity contribution is 7.95. The molecule has 0 amide bonds. The largest absolute Gasteiger partial charge is 0.258 e. The summed E-state index contributed by atoms with van der Waals surface area (Å²) in [6.07, 6.45) is 6.80. The number of nitrogens with two attached hydrogens (primary N) is 1. The Bertz CT molecular complexity index is 119. The molecule has 3 heteroatoms. The molecule has 0 aliphatic rings. The second-order valence-electron chi connectivity index (χ2n) is 2.42. The van der Waals surface area contributed by atoms with Gasteiger partial charge in [0.15, 0.2) is 0 Å². The number of nitrogens with zero attached hydrogens (tertiary/aromatic N) is 1. The van der Waals surface area contributed by atoms with Gasteiger partial charge in [-0.2, -0.15) is 0 Å². The first-order valence-corrected chi connectivity index (χ1v) is 4.15. The van der Waals surface area contributed by atoms with Crippen LogP contribution in [0.3, 0.4) is 0 Å². The molecule has 0 radical (unpaired) electrons. The van der Waals surface area contributed by atoms with E-state index in [0.717, 1.165) is 24.5 Å². The van der Waals surface area contributed by atoms with Crippen LogP contribution in [-0.2, 0) is 0 Å². The predicted octanol–water partition coefficient (Wildman–Crippen LogP) is 2.18. The third-order valence-electron chi connectivity index (χ3n) is 0.951. The number of hydrogen-bond acceptors (Lipinski definition) is 3. The van der Waals surface area contributed by atoms with Gasteiger partial charge in [-0.3, -0.25) is 5.14 Å². The molecule has 2 nitrogen and oxygen atoms in total. The second kappa shape index (κ2) is 6.83. The molecule has 0 saturated carbocycles. The lowest BCUT2D eigenvalue weighted by molar-refractivity contribution is 0.664. The van der Waals surface area contributed by atoms with Crippen molar-refractivity contribution < 1.29 is 0 Å². The molecule has 0 spiro atoms. The highest BCUT2D eigenvalue weighted by atomic mass is 32.2. The van der Waals surface area contributed by atoms with E-state index < -0.39 is 0 Å². The fraction of sp³-hybridized carbons (Fsp3) is 0.571. The predicted molar refractivity (Wildman–Crippen MR) is 48.9 cm³/mol. The Kier molecular flexibility index (Phi) is 6.64. The van der Waals surface area contributed by atoms with Gasteiger partial charge in [0.2, 0.25) is 0 Å². The van der Waals surface area contributed by atoms with Crippen LogP contribution in [-0.4, -0.2) is 6.21 Å². The minimum atomic E-state index is 0.718. The zero-order valence-corrected chi connectivity index (χ0v) is 7.27. The molecule has 0 aromatic heterocycles. The minimum absolute atomic E-state index is 0.718. The van der Waals surface area contributed by atoms with E-state index in [-0.39, 0.29) is 0 Å². The molecule has 0 unspecified atom stereocenters. The maximum Gasteiger partial charge on any atom is 0.0555 e. The molecule has 0 aromatic carbocycles. The average molecular weight is 158 g/mol. The van der Waals surface area contributed by atoms with E-state index in [1.807, 2.05) is 6.08 Å². The van der Waals surface area contributed by atoms with Gasteiger partial charge >= 0.3 is 0 Å². The molecular formula is C7H14N2S. The lowest BCUT2D eigenvalue weighted by atomic mass is 10.1. The van der Waals surface area contributed by atoms with Crippen LogP contribution in [0.5, 0.6) is 0 Å². The van der Waals surface area contributed by atoms with Crippen LogP contribution in [0, 0.1) is 5.92 Å². The van der Waals surface area contributed by atoms with E-state index >= 15 is 0 Å². The summed E-state index contributed by atoms with van der Waals surface area (Å²) in [6, 6.07) is 0. The third-order valence-corrected chi connectivity index (χ3v) is 1.19. The highest BCUT2D eigenvalue weighted by Gasteiger charge is 1.84. The van der Waals surface area contributed by atoms with Crippen molar-refractivity contribution >= 4 is 18.3 Å². The molecule has 10 heavy (non-hydrogen) atoms. The van der Waals surface area contributed by atoms with Crippen LogP contribution in [0.15, 0.2) is 16.5 Å². The van der Waals surface area contributed by atoms with Crippen LogP contribution in [0.4, 0.5) is 0 Å². The molecule has 0 aromatic rings. The van der Waals surface area contributed by atoms with Gasteiger partial charge in [-0.25, -0.2) is 4.40 Å². The number of hydrogen-bond donors (Lipinski definition) is 1. The molecule has 0 bridgehead atoms. The summed E-state index contributed by atoms with van der Waals surface area (Å²) in [4.78, 5) is 0. The van der Waals surface area contributed by atoms with Gasteiger partial charge in [-0.1, -0.05) is 19.9 Å². The molecule has 0 saturated heterocycles. The van der Waals surface area contributed by atoms with Gasteiger partial charge in [0.05, 0.1) is 12.1 Å². The molecule has 0 aliphatic carbocycles. The maximum atomic E-state index is 5.06. The summed E-state index contributed by atoms with van der Waals surface area (Å²) in [6.45, 7) is 4.36. The van der Waals surface area contributed by atoms with Crippen LogP contribution >= 0.6 is 12.1 Å². The Morgan fingerprint density at radius 3 is 2.80 bits per heavy atom. The van der Waals surface area contributed by atoms with E-state index in [4.69, 9.17) is 5.14 Å². The van der Waals surface area contributed by atoms with Crippen molar-refractivity contribution in [1.82, 2.24) is 0 Å². The molecule has 0 heterocycles. The summed E-state index contributed by atoms with van der Waals surface area (Å²) in [7, 11) is 0. The SMILES string of the molecule is CC(C)C/C=C\C=NSN. The zero-order valence-electron chi connectivity index (χ0n) is 6.45. The normalized spacial score (nSPS) is 12.4. The lowest BCUT2D eigenvalue weighted by Gasteiger charge is -1.94. The van der Waals surface area contributed by atoms with Gasteiger partial charge in [0, 0.05) is 6.21 Å². The summed E-state index contributed by atoms with van der Waals surface area (Å²) >= 11 is 0.979. The second-order valence-corrected chi connectivity index (χ2v) is 2.84. The van der Waals surface area contributed by atoms with Crippen molar-refractivity contribution in [3.63, 3.8) is 0 Å². The number of rotatable bonds is 4. The van der Waals surface area contributed by atoms with Crippen molar-refractivity contribution in [3.05, 3.63) is 12.2 Å². The Balaban J connectivity index is 3.28. The maximum absolute atomic E-state index is 5.06. The summed E-state index contributed by atoms with van der Waals surface area (Å²) in [5, 5.41) is 5.06. The number of allylic oxidation sites excluding steroid dienone is 2. The van der Waals surface area contributed by atoms with Crippen molar-refractivity contribution in [3.8, 4) is 0 Å². The summed E-state index contributed by atoms with van der Waals surface area (Å²) < 4.78 is 3.75. The van der Waals surface area contributed by atoms with Crippen molar-refractivity contribution in [2.75, 3.05) is 0 Å². The first kappa shape index (κ1) is 9.72. The first-order valence-electron chi connectivity index (χ1n) is 3.31. The molecule has 0 aliphatic heterocycles. The van der Waals surface area contributed by atoms with Crippen molar-refractivity contribution in [2.24, 2.45) is 15.5 Å². The first-order chi connectivity index (χ1) is 4.77. The zero-order chi connectivity index (χ0) is 7.82. The minimum Gasteiger partial charge on any atom is -0.258 e. The Morgan fingerprint density at radius 2 is 2.30 bits per heavy atom. The van der Waals surface area contributed by atoms with E-state index in [9.17, 15) is 0 Å². The van der Waals surface area contributed by atoms with E-state index in [1.54, 1.807) is 6.21 Å². The van der Waals surface area contributed by atoms with Gasteiger partial charge in [-0.05, 0) is 18.4 Å². The third kappa shape index (κ3) is 7.72. The van der Waals surface area contributed by atoms with E-state index in [2.05, 4.69) is 24.3 Å². The Morgan fingerprint density at radius 1 is 1.60 bits per heavy atom. The highest BCUT2D eigenvalue weighted by Crippen LogP contribution is 1.98. The van der Waals surface area contributed by atoms with Gasteiger partial charge in [-0.15, -0.1) is 0 Å². The van der Waals surface area contributed by atoms with E-state index in [1.165, 1.54) is 0 Å². The fourth-order valence-corrected chi connectivity index (χ4v) is 0.622. The molecule has 0 rings (SSSR count). The average Bonchev–Trinajstić information content (AvgIpc) is 1.87. The van der Waals surface area contributed by atoms with Crippen molar-refractivity contribution in [1.29, 1.82) is 0 Å². The van der Waals surface area contributed by atoms with Crippen LogP contribution in [0.25, 0.3) is 0 Å². The Labute approximate surface area is 66.9 Å². The Hall–Kier alpha value is -0.280. The van der Waals surface area contributed by atoms with Crippen molar-refractivity contribution in [2.45, 2.75) is 20.3 Å². The quantitative estimate of drug-likeness (QED) is 0.503. The van der Waals surface area contributed by atoms with Gasteiger partial charge < -0.3 is 0 Å². The fourth-order valence-electron chi connectivity index (χ4n) is 0.482. The van der Waals surface area contributed by atoms with Gasteiger partial charge in [0.1, 0.15) is 0 Å². The van der Waals surface area contributed by atoms with Crippen LogP contribution < -0.4 is 5.14 Å². The van der Waals surface area contributed by atoms with E-state index in [0.29, 0.717) is 0 Å². The monoisotopic (exact) mass is 158 g/mol. The lowest BCUT2D eigenvalue weighted by Crippen LogP contribution is -1.81. The standard InChI is InChI=1S/C7H14N2S/c1-7(2)5-3-4-6-9-10-8/h3-4,6-7H,5,8H2,1-2H3/b4-3-,9-6?. The van der Waals surface area contributed by atoms with Gasteiger partial charge in [0.25, 0.3) is 0 Å². The van der Waals surface area contributed by atoms with Crippen LogP contribution in [0.1, 0.15) is 20.3 Å². The smallest absolute Gasteiger partial charge is 0.0555 e. The molecule has 2 N–H and O–H groups in total. The molecule has 0 atom stereocenters. The molecular weight excluding hydrogens is 144 g/mol. The van der Waals surface area contributed by atoms with Crippen LogP contribution in [0.2, 0.25) is 0 Å². The summed E-state index contributed by atoms with van der Waals surface area (Å²) in [5.74, 6) is 0.718. The summed E-state index contributed by atoms with van der Waals surface area (Å²) in [5.41, 5.74) is 0. The molecule has 0 fully saturated rings. The molecule has 58 valence electrons.